The summed E-state index contributed by atoms with van der Waals surface area (Å²) in [4.78, 5) is 0. The molecule has 1 rings (SSSR count). The molecule has 1 aromatic rings. The van der Waals surface area contributed by atoms with Crippen LogP contribution in [0.3, 0.4) is 0 Å². The van der Waals surface area contributed by atoms with Crippen LogP contribution in [0, 0.1) is 0 Å². The fraction of sp³-hybridized carbons (Fsp3) is 0.286. The Morgan fingerprint density at radius 2 is 2.50 bits per heavy atom. The molecule has 0 fully saturated rings. The molecule has 3 heteroatoms. The van der Waals surface area contributed by atoms with E-state index >= 15 is 0 Å². The van der Waals surface area contributed by atoms with Crippen LogP contribution in [0.2, 0.25) is 0 Å². The summed E-state index contributed by atoms with van der Waals surface area (Å²) in [6, 6.07) is 1.70. The minimum absolute atomic E-state index is 0.484. The van der Waals surface area contributed by atoms with Crippen molar-refractivity contribution >= 4 is 5.57 Å². The van der Waals surface area contributed by atoms with Crippen molar-refractivity contribution in [1.29, 1.82) is 0 Å². The fourth-order valence-corrected chi connectivity index (χ4v) is 0.556. The monoisotopic (exact) mass is 139 g/mol. The Balaban J connectivity index is 2.88. The van der Waals surface area contributed by atoms with Gasteiger partial charge in [0, 0.05) is 6.07 Å². The normalized spacial score (nSPS) is 9.40. The lowest BCUT2D eigenvalue weighted by molar-refractivity contribution is 0.336. The molecule has 0 radical (unpaired) electrons. The summed E-state index contributed by atoms with van der Waals surface area (Å²) >= 11 is 0. The van der Waals surface area contributed by atoms with E-state index in [1.54, 1.807) is 13.2 Å². The molecule has 0 aliphatic heterocycles. The quantitative estimate of drug-likeness (QED) is 0.625. The van der Waals surface area contributed by atoms with E-state index in [1.165, 1.54) is 0 Å². The highest BCUT2D eigenvalue weighted by Crippen LogP contribution is 2.16. The maximum absolute atomic E-state index is 4.84. The van der Waals surface area contributed by atoms with Crippen LogP contribution in [-0.2, 0) is 0 Å². The van der Waals surface area contributed by atoms with Gasteiger partial charge >= 0.3 is 0 Å². The number of rotatable bonds is 2. The van der Waals surface area contributed by atoms with Crippen molar-refractivity contribution in [2.45, 2.75) is 6.92 Å². The Kier molecular flexibility index (Phi) is 1.76. The van der Waals surface area contributed by atoms with E-state index < -0.39 is 0 Å². The van der Waals surface area contributed by atoms with Gasteiger partial charge in [0.1, 0.15) is 0 Å². The number of aromatic nitrogens is 1. The van der Waals surface area contributed by atoms with E-state index in [4.69, 9.17) is 9.26 Å². The molecule has 10 heavy (non-hydrogen) atoms. The second-order valence-electron chi connectivity index (χ2n) is 2.01. The Hall–Kier alpha value is -1.25. The van der Waals surface area contributed by atoms with Crippen LogP contribution < -0.4 is 4.74 Å². The lowest BCUT2D eigenvalue weighted by Gasteiger charge is -1.85. The van der Waals surface area contributed by atoms with Gasteiger partial charge in [-0.05, 0) is 17.7 Å². The summed E-state index contributed by atoms with van der Waals surface area (Å²) in [5, 5.41) is 3.60. The average molecular weight is 139 g/mol. The maximum atomic E-state index is 4.84. The summed E-state index contributed by atoms with van der Waals surface area (Å²) in [5.41, 5.74) is 0.843. The van der Waals surface area contributed by atoms with Gasteiger partial charge < -0.3 is 9.26 Å². The van der Waals surface area contributed by atoms with Gasteiger partial charge in [0.2, 0.25) is 0 Å². The van der Waals surface area contributed by atoms with Crippen LogP contribution in [-0.4, -0.2) is 12.3 Å². The number of allylic oxidation sites excluding steroid dienone is 1. The summed E-state index contributed by atoms with van der Waals surface area (Å²) < 4.78 is 9.64. The first-order valence-corrected chi connectivity index (χ1v) is 2.90. The highest BCUT2D eigenvalue weighted by atomic mass is 16.5. The predicted molar refractivity (Wildman–Crippen MR) is 37.8 cm³/mol. The van der Waals surface area contributed by atoms with Crippen molar-refractivity contribution in [1.82, 2.24) is 5.16 Å². The summed E-state index contributed by atoms with van der Waals surface area (Å²) in [6.45, 7) is 5.53. The number of hydrogen-bond acceptors (Lipinski definition) is 3. The van der Waals surface area contributed by atoms with E-state index in [2.05, 4.69) is 11.7 Å². The van der Waals surface area contributed by atoms with Gasteiger partial charge in [-0.15, -0.1) is 0 Å². The van der Waals surface area contributed by atoms with Gasteiger partial charge in [-0.2, -0.15) is 0 Å². The largest absolute Gasteiger partial charge is 0.479 e. The van der Waals surface area contributed by atoms with Crippen molar-refractivity contribution in [2.24, 2.45) is 0 Å². The van der Waals surface area contributed by atoms with Crippen molar-refractivity contribution in [3.63, 3.8) is 0 Å². The fourth-order valence-electron chi connectivity index (χ4n) is 0.556. The highest BCUT2D eigenvalue weighted by Gasteiger charge is 2.02. The molecule has 0 spiro atoms. The number of ether oxygens (including phenoxy) is 1. The molecule has 0 saturated heterocycles. The van der Waals surface area contributed by atoms with Crippen molar-refractivity contribution in [2.75, 3.05) is 7.11 Å². The third-order valence-electron chi connectivity index (χ3n) is 1.12. The Labute approximate surface area is 59.3 Å². The van der Waals surface area contributed by atoms with Crippen molar-refractivity contribution < 1.29 is 9.26 Å². The summed E-state index contributed by atoms with van der Waals surface area (Å²) in [5.74, 6) is 1.15. The molecule has 0 N–H and O–H groups in total. The van der Waals surface area contributed by atoms with E-state index in [9.17, 15) is 0 Å². The zero-order valence-corrected chi connectivity index (χ0v) is 6.05. The van der Waals surface area contributed by atoms with E-state index in [0.717, 1.165) is 5.57 Å². The smallest absolute Gasteiger partial charge is 0.254 e. The Morgan fingerprint density at radius 1 is 1.80 bits per heavy atom. The summed E-state index contributed by atoms with van der Waals surface area (Å²) in [6.07, 6.45) is 0. The maximum Gasteiger partial charge on any atom is 0.254 e. The second-order valence-corrected chi connectivity index (χ2v) is 2.01. The Bertz CT molecular complexity index is 240. The van der Waals surface area contributed by atoms with E-state index in [-0.39, 0.29) is 0 Å². The number of methoxy groups -OCH3 is 1. The average Bonchev–Trinajstić information content (AvgIpc) is 2.34. The van der Waals surface area contributed by atoms with E-state index in [1.807, 2.05) is 6.92 Å². The Morgan fingerprint density at radius 3 is 2.80 bits per heavy atom. The SMILES string of the molecule is C=C(C)c1cc(OC)no1. The summed E-state index contributed by atoms with van der Waals surface area (Å²) in [7, 11) is 1.54. The lowest BCUT2D eigenvalue weighted by atomic mass is 10.3. The van der Waals surface area contributed by atoms with E-state index in [0.29, 0.717) is 11.6 Å². The number of nitrogens with zero attached hydrogens (tertiary/aromatic N) is 1. The lowest BCUT2D eigenvalue weighted by Crippen LogP contribution is -1.78. The van der Waals surface area contributed by atoms with Gasteiger partial charge in [0.15, 0.2) is 5.76 Å². The first kappa shape index (κ1) is 6.86. The van der Waals surface area contributed by atoms with Gasteiger partial charge in [-0.3, -0.25) is 0 Å². The molecule has 0 atom stereocenters. The van der Waals surface area contributed by atoms with Gasteiger partial charge in [0.25, 0.3) is 5.88 Å². The zero-order valence-electron chi connectivity index (χ0n) is 6.05. The minimum atomic E-state index is 0.484. The molecule has 1 aromatic heterocycles. The molecule has 0 saturated carbocycles. The molecule has 3 nitrogen and oxygen atoms in total. The van der Waals surface area contributed by atoms with Crippen LogP contribution in [0.4, 0.5) is 0 Å². The highest BCUT2D eigenvalue weighted by molar-refractivity contribution is 5.56. The molecular weight excluding hydrogens is 130 g/mol. The third-order valence-corrected chi connectivity index (χ3v) is 1.12. The van der Waals surface area contributed by atoms with Crippen LogP contribution in [0.25, 0.3) is 5.57 Å². The molecule has 0 aliphatic carbocycles. The molecular formula is C7H9NO2. The molecule has 0 bridgehead atoms. The van der Waals surface area contributed by atoms with Crippen molar-refractivity contribution in [3.05, 3.63) is 18.4 Å². The predicted octanol–water partition coefficient (Wildman–Crippen LogP) is 1.72. The molecule has 0 unspecified atom stereocenters. The third kappa shape index (κ3) is 1.18. The van der Waals surface area contributed by atoms with Crippen LogP contribution in [0.15, 0.2) is 17.2 Å². The van der Waals surface area contributed by atoms with Gasteiger partial charge in [-0.1, -0.05) is 6.58 Å². The zero-order chi connectivity index (χ0) is 7.56. The molecule has 54 valence electrons. The molecule has 1 heterocycles. The standard InChI is InChI=1S/C7H9NO2/c1-5(2)6-4-7(9-3)8-10-6/h4H,1H2,2-3H3. The topological polar surface area (TPSA) is 35.3 Å². The van der Waals surface area contributed by atoms with Gasteiger partial charge in [0.05, 0.1) is 7.11 Å². The first-order valence-electron chi connectivity index (χ1n) is 2.90. The van der Waals surface area contributed by atoms with Gasteiger partial charge in [-0.25, -0.2) is 0 Å². The van der Waals surface area contributed by atoms with Crippen LogP contribution in [0.1, 0.15) is 12.7 Å². The number of hydrogen-bond donors (Lipinski definition) is 0. The minimum Gasteiger partial charge on any atom is -0.479 e. The first-order chi connectivity index (χ1) is 4.74. The van der Waals surface area contributed by atoms with Crippen LogP contribution in [0.5, 0.6) is 5.88 Å². The van der Waals surface area contributed by atoms with Crippen molar-refractivity contribution in [3.8, 4) is 5.88 Å². The second kappa shape index (κ2) is 2.56. The molecule has 0 aromatic carbocycles. The van der Waals surface area contributed by atoms with Crippen LogP contribution >= 0.6 is 0 Å². The molecule has 0 aliphatic rings. The molecule has 0 amide bonds.